The van der Waals surface area contributed by atoms with Crippen LogP contribution in [0.1, 0.15) is 46.7 Å². The van der Waals surface area contributed by atoms with Crippen molar-refractivity contribution < 1.29 is 4.79 Å². The third-order valence-electron chi connectivity index (χ3n) is 4.14. The van der Waals surface area contributed by atoms with Gasteiger partial charge in [0, 0.05) is 10.9 Å². The lowest BCUT2D eigenvalue weighted by molar-refractivity contribution is 0.102. The fourth-order valence-corrected chi connectivity index (χ4v) is 3.90. The smallest absolute Gasteiger partial charge is 0.260 e. The normalized spacial score (nSPS) is 13.8. The van der Waals surface area contributed by atoms with Gasteiger partial charge in [0.1, 0.15) is 5.01 Å². The number of hydrogen-bond acceptors (Lipinski definition) is 5. The SMILES string of the molecule is CCc1nnc(NC(=O)c2cnn(-c3ccc(Cl)cc3Cl)c2C2CC2)s1. The van der Waals surface area contributed by atoms with Crippen LogP contribution in [0.25, 0.3) is 5.69 Å². The molecule has 2 heterocycles. The molecule has 0 bridgehead atoms. The number of carbonyl (C=O) groups excluding carboxylic acids is 1. The molecule has 0 aliphatic heterocycles. The number of nitrogens with one attached hydrogen (secondary N) is 1. The number of halogens is 2. The van der Waals surface area contributed by atoms with E-state index >= 15 is 0 Å². The van der Waals surface area contributed by atoms with Gasteiger partial charge in [-0.05, 0) is 37.5 Å². The molecule has 0 unspecified atom stereocenters. The molecule has 1 N–H and O–H groups in total. The number of aryl methyl sites for hydroxylation is 1. The quantitative estimate of drug-likeness (QED) is 0.663. The Kier molecular flexibility index (Phi) is 4.69. The summed E-state index contributed by atoms with van der Waals surface area (Å²) < 4.78 is 1.74. The van der Waals surface area contributed by atoms with Gasteiger partial charge in [0.25, 0.3) is 5.91 Å². The molecule has 4 rings (SSSR count). The van der Waals surface area contributed by atoms with Crippen molar-refractivity contribution in [1.82, 2.24) is 20.0 Å². The van der Waals surface area contributed by atoms with Gasteiger partial charge in [-0.2, -0.15) is 5.10 Å². The van der Waals surface area contributed by atoms with Gasteiger partial charge in [0.05, 0.1) is 28.2 Å². The molecular weight excluding hydrogens is 393 g/mol. The standard InChI is InChI=1S/C17H15Cl2N5OS/c1-2-14-22-23-17(26-14)21-16(25)11-8-20-24(15(11)9-3-4-9)13-6-5-10(18)7-12(13)19/h5-9H,2-4H2,1H3,(H,21,23,25). The van der Waals surface area contributed by atoms with Crippen molar-refractivity contribution in [2.24, 2.45) is 0 Å². The second-order valence-corrected chi connectivity index (χ2v) is 7.94. The van der Waals surface area contributed by atoms with E-state index in [-0.39, 0.29) is 5.91 Å². The third-order valence-corrected chi connectivity index (χ3v) is 5.66. The van der Waals surface area contributed by atoms with Crippen LogP contribution in [0.4, 0.5) is 5.13 Å². The molecule has 1 fully saturated rings. The highest BCUT2D eigenvalue weighted by Gasteiger charge is 2.33. The fraction of sp³-hybridized carbons (Fsp3) is 0.294. The zero-order chi connectivity index (χ0) is 18.3. The number of anilines is 1. The second kappa shape index (κ2) is 6.98. The molecule has 0 saturated heterocycles. The Bertz CT molecular complexity index is 979. The molecular formula is C17H15Cl2N5OS. The maximum absolute atomic E-state index is 12.8. The topological polar surface area (TPSA) is 72.7 Å². The summed E-state index contributed by atoms with van der Waals surface area (Å²) >= 11 is 13.7. The van der Waals surface area contributed by atoms with Crippen molar-refractivity contribution in [2.75, 3.05) is 5.32 Å². The van der Waals surface area contributed by atoms with Gasteiger partial charge in [-0.1, -0.05) is 41.5 Å². The van der Waals surface area contributed by atoms with Gasteiger partial charge in [-0.25, -0.2) is 4.68 Å². The Hall–Kier alpha value is -1.96. The van der Waals surface area contributed by atoms with Gasteiger partial charge < -0.3 is 0 Å². The number of amides is 1. The summed E-state index contributed by atoms with van der Waals surface area (Å²) in [5, 5.41) is 17.7. The Morgan fingerprint density at radius 3 is 2.81 bits per heavy atom. The zero-order valence-electron chi connectivity index (χ0n) is 13.9. The number of nitrogens with zero attached hydrogens (tertiary/aromatic N) is 4. The van der Waals surface area contributed by atoms with Crippen molar-refractivity contribution in [3.8, 4) is 5.69 Å². The molecule has 9 heteroatoms. The molecule has 1 aromatic carbocycles. The van der Waals surface area contributed by atoms with Crippen LogP contribution in [0, 0.1) is 0 Å². The van der Waals surface area contributed by atoms with E-state index in [1.54, 1.807) is 23.0 Å². The van der Waals surface area contributed by atoms with Gasteiger partial charge in [0.2, 0.25) is 5.13 Å². The Labute approximate surface area is 164 Å². The molecule has 1 aliphatic carbocycles. The monoisotopic (exact) mass is 407 g/mol. The van der Waals surface area contributed by atoms with E-state index < -0.39 is 0 Å². The molecule has 1 saturated carbocycles. The predicted molar refractivity (Wildman–Crippen MR) is 103 cm³/mol. The lowest BCUT2D eigenvalue weighted by Crippen LogP contribution is -2.14. The van der Waals surface area contributed by atoms with Crippen LogP contribution in [0.5, 0.6) is 0 Å². The fourth-order valence-electron chi connectivity index (χ4n) is 2.74. The molecule has 134 valence electrons. The Morgan fingerprint density at radius 1 is 1.35 bits per heavy atom. The van der Waals surface area contributed by atoms with Crippen molar-refractivity contribution in [3.05, 3.63) is 50.7 Å². The molecule has 0 radical (unpaired) electrons. The van der Waals surface area contributed by atoms with Crippen LogP contribution >= 0.6 is 34.5 Å². The summed E-state index contributed by atoms with van der Waals surface area (Å²) in [5.41, 5.74) is 2.11. The van der Waals surface area contributed by atoms with E-state index in [0.717, 1.165) is 30.0 Å². The largest absolute Gasteiger partial charge is 0.296 e. The first kappa shape index (κ1) is 17.5. The van der Waals surface area contributed by atoms with Crippen molar-refractivity contribution in [1.29, 1.82) is 0 Å². The zero-order valence-corrected chi connectivity index (χ0v) is 16.2. The number of rotatable bonds is 5. The van der Waals surface area contributed by atoms with Gasteiger partial charge in [0.15, 0.2) is 0 Å². The average Bonchev–Trinajstić information content (AvgIpc) is 3.19. The number of carbonyl (C=O) groups is 1. The van der Waals surface area contributed by atoms with Crippen molar-refractivity contribution in [3.63, 3.8) is 0 Å². The highest BCUT2D eigenvalue weighted by molar-refractivity contribution is 7.15. The van der Waals surface area contributed by atoms with E-state index in [0.29, 0.717) is 32.3 Å². The third kappa shape index (κ3) is 3.34. The molecule has 0 atom stereocenters. The lowest BCUT2D eigenvalue weighted by atomic mass is 10.1. The molecule has 1 amide bonds. The summed E-state index contributed by atoms with van der Waals surface area (Å²) in [4.78, 5) is 12.8. The van der Waals surface area contributed by atoms with Gasteiger partial charge in [-0.3, -0.25) is 10.1 Å². The van der Waals surface area contributed by atoms with E-state index in [4.69, 9.17) is 23.2 Å². The number of aromatic nitrogens is 4. The number of hydrogen-bond donors (Lipinski definition) is 1. The van der Waals surface area contributed by atoms with E-state index in [1.807, 2.05) is 13.0 Å². The summed E-state index contributed by atoms with van der Waals surface area (Å²) in [7, 11) is 0. The van der Waals surface area contributed by atoms with Crippen LogP contribution < -0.4 is 5.32 Å². The second-order valence-electron chi connectivity index (χ2n) is 6.03. The highest BCUT2D eigenvalue weighted by atomic mass is 35.5. The molecule has 26 heavy (non-hydrogen) atoms. The first-order valence-corrected chi connectivity index (χ1v) is 9.81. The van der Waals surface area contributed by atoms with Crippen LogP contribution in [0.3, 0.4) is 0 Å². The molecule has 6 nitrogen and oxygen atoms in total. The van der Waals surface area contributed by atoms with Crippen LogP contribution in [0.2, 0.25) is 10.0 Å². The van der Waals surface area contributed by atoms with Crippen LogP contribution in [-0.4, -0.2) is 25.9 Å². The minimum atomic E-state index is -0.234. The molecule has 3 aromatic rings. The Morgan fingerprint density at radius 2 is 2.15 bits per heavy atom. The summed E-state index contributed by atoms with van der Waals surface area (Å²) in [6.45, 7) is 2.00. The first-order chi connectivity index (χ1) is 12.6. The van der Waals surface area contributed by atoms with E-state index in [9.17, 15) is 4.79 Å². The highest BCUT2D eigenvalue weighted by Crippen LogP contribution is 2.43. The predicted octanol–water partition coefficient (Wildman–Crippen LogP) is 4.72. The van der Waals surface area contributed by atoms with Gasteiger partial charge >= 0.3 is 0 Å². The minimum Gasteiger partial charge on any atom is -0.296 e. The number of benzene rings is 1. The van der Waals surface area contributed by atoms with Crippen molar-refractivity contribution >= 4 is 45.6 Å². The van der Waals surface area contributed by atoms with Crippen LogP contribution in [0.15, 0.2) is 24.4 Å². The summed E-state index contributed by atoms with van der Waals surface area (Å²) in [5.74, 6) is 0.0626. The Balaban J connectivity index is 1.69. The molecule has 0 spiro atoms. The van der Waals surface area contributed by atoms with Gasteiger partial charge in [-0.15, -0.1) is 10.2 Å². The van der Waals surface area contributed by atoms with E-state index in [2.05, 4.69) is 20.6 Å². The summed E-state index contributed by atoms with van der Waals surface area (Å²) in [6.07, 6.45) is 4.41. The first-order valence-electron chi connectivity index (χ1n) is 8.24. The van der Waals surface area contributed by atoms with Crippen LogP contribution in [-0.2, 0) is 6.42 Å². The van der Waals surface area contributed by atoms with Crippen molar-refractivity contribution in [2.45, 2.75) is 32.1 Å². The summed E-state index contributed by atoms with van der Waals surface area (Å²) in [6, 6.07) is 5.24. The average molecular weight is 408 g/mol. The maximum atomic E-state index is 12.8. The molecule has 1 aliphatic rings. The van der Waals surface area contributed by atoms with E-state index in [1.165, 1.54) is 11.3 Å². The minimum absolute atomic E-state index is 0.234. The molecule has 2 aromatic heterocycles. The maximum Gasteiger partial charge on any atom is 0.260 e. The lowest BCUT2D eigenvalue weighted by Gasteiger charge is -2.10.